The van der Waals surface area contributed by atoms with Gasteiger partial charge in [0.15, 0.2) is 0 Å². The van der Waals surface area contributed by atoms with Gasteiger partial charge in [0.2, 0.25) is 0 Å². The van der Waals surface area contributed by atoms with Gasteiger partial charge in [-0.2, -0.15) is 13.2 Å². The van der Waals surface area contributed by atoms with Crippen LogP contribution in [0.4, 0.5) is 23.7 Å². The lowest BCUT2D eigenvalue weighted by Crippen LogP contribution is -2.18. The average Bonchev–Trinajstić information content (AvgIpc) is 3.21. The summed E-state index contributed by atoms with van der Waals surface area (Å²) in [5, 5.41) is 12.9. The van der Waals surface area contributed by atoms with Crippen LogP contribution < -0.4 is 5.32 Å². The Bertz CT molecular complexity index is 977. The third-order valence-corrected chi connectivity index (χ3v) is 5.97. The molecule has 0 fully saturated rings. The summed E-state index contributed by atoms with van der Waals surface area (Å²) in [5.41, 5.74) is -1.07. The van der Waals surface area contributed by atoms with Crippen molar-refractivity contribution in [3.8, 4) is 0 Å². The highest BCUT2D eigenvalue weighted by Crippen LogP contribution is 2.42. The molecule has 1 aliphatic carbocycles. The first-order valence-corrected chi connectivity index (χ1v) is 9.84. The molecule has 156 valence electrons. The van der Waals surface area contributed by atoms with Gasteiger partial charge in [-0.25, -0.2) is 19.8 Å². The highest BCUT2D eigenvalue weighted by molar-refractivity contribution is 7.13. The lowest BCUT2D eigenvalue weighted by atomic mass is 10.0. The van der Waals surface area contributed by atoms with Crippen LogP contribution in [0.25, 0.3) is 0 Å². The maximum absolute atomic E-state index is 13.4. The predicted octanol–water partition coefficient (Wildman–Crippen LogP) is 4.79. The van der Waals surface area contributed by atoms with Crippen molar-refractivity contribution >= 4 is 29.3 Å². The van der Waals surface area contributed by atoms with Gasteiger partial charge >= 0.3 is 12.2 Å². The summed E-state index contributed by atoms with van der Waals surface area (Å²) in [5.74, 6) is -0.108. The standard InChI is InChI=1S/C19H21F3N4O2S/c1-9-5-6-12-13(9)25-15(19(20,21)22)10(2)14(12)26-17(27)24-8-11-7-23-16(29-11)18(3,4)28/h7-9,28H,5-6H2,1-4H3,(H,25,26,27)/b24-8+/t9-/m1/s1. The van der Waals surface area contributed by atoms with Crippen LogP contribution in [0.2, 0.25) is 0 Å². The number of thiazole rings is 1. The zero-order chi connectivity index (χ0) is 21.6. The summed E-state index contributed by atoms with van der Waals surface area (Å²) >= 11 is 1.17. The number of urea groups is 1. The van der Waals surface area contributed by atoms with Crippen LogP contribution >= 0.6 is 11.3 Å². The second-order valence-electron chi connectivity index (χ2n) is 7.58. The summed E-state index contributed by atoms with van der Waals surface area (Å²) in [4.78, 5) is 24.5. The van der Waals surface area contributed by atoms with Gasteiger partial charge in [0, 0.05) is 17.5 Å². The number of amides is 2. The fourth-order valence-electron chi connectivity index (χ4n) is 3.24. The van der Waals surface area contributed by atoms with Crippen LogP contribution in [0.15, 0.2) is 11.2 Å². The molecule has 0 aromatic carbocycles. The molecule has 0 saturated carbocycles. The lowest BCUT2D eigenvalue weighted by molar-refractivity contribution is -0.141. The van der Waals surface area contributed by atoms with Crippen LogP contribution in [-0.4, -0.2) is 27.3 Å². The number of aliphatic hydroxyl groups is 1. The third-order valence-electron chi connectivity index (χ3n) is 4.72. The first-order chi connectivity index (χ1) is 13.4. The minimum atomic E-state index is -4.61. The van der Waals surface area contributed by atoms with Crippen LogP contribution in [0.1, 0.15) is 65.5 Å². The average molecular weight is 426 g/mol. The summed E-state index contributed by atoms with van der Waals surface area (Å²) in [7, 11) is 0. The molecule has 0 bridgehead atoms. The van der Waals surface area contributed by atoms with E-state index in [1.807, 2.05) is 6.92 Å². The summed E-state index contributed by atoms with van der Waals surface area (Å²) < 4.78 is 40.2. The number of hydrogen-bond donors (Lipinski definition) is 2. The van der Waals surface area contributed by atoms with Crippen molar-refractivity contribution in [1.29, 1.82) is 0 Å². The summed E-state index contributed by atoms with van der Waals surface area (Å²) in [6, 6.07) is -0.785. The fourth-order valence-corrected chi connectivity index (χ4v) is 4.03. The van der Waals surface area contributed by atoms with Gasteiger partial charge in [0.25, 0.3) is 0 Å². The number of aliphatic imine (C=N–C) groups is 1. The van der Waals surface area contributed by atoms with E-state index in [2.05, 4.69) is 20.3 Å². The predicted molar refractivity (Wildman–Crippen MR) is 105 cm³/mol. The van der Waals surface area contributed by atoms with E-state index < -0.39 is 23.5 Å². The van der Waals surface area contributed by atoms with E-state index in [0.717, 1.165) is 0 Å². The van der Waals surface area contributed by atoms with Crippen LogP contribution in [0.5, 0.6) is 0 Å². The van der Waals surface area contributed by atoms with E-state index in [9.17, 15) is 23.1 Å². The maximum atomic E-state index is 13.4. The molecule has 1 atom stereocenters. The molecule has 29 heavy (non-hydrogen) atoms. The zero-order valence-electron chi connectivity index (χ0n) is 16.4. The van der Waals surface area contributed by atoms with Crippen molar-refractivity contribution in [2.24, 2.45) is 4.99 Å². The number of nitrogens with one attached hydrogen (secondary N) is 1. The lowest BCUT2D eigenvalue weighted by Gasteiger charge is -2.18. The molecule has 0 unspecified atom stereocenters. The van der Waals surface area contributed by atoms with Gasteiger partial charge in [-0.05, 0) is 45.1 Å². The molecule has 0 saturated heterocycles. The number of anilines is 1. The van der Waals surface area contributed by atoms with Crippen LogP contribution in [-0.2, 0) is 18.2 Å². The van der Waals surface area contributed by atoms with Crippen molar-refractivity contribution < 1.29 is 23.1 Å². The van der Waals surface area contributed by atoms with Crippen LogP contribution in [0, 0.1) is 6.92 Å². The molecule has 2 amide bonds. The van der Waals surface area contributed by atoms with Gasteiger partial charge in [-0.1, -0.05) is 6.92 Å². The van der Waals surface area contributed by atoms with Crippen molar-refractivity contribution in [2.45, 2.75) is 58.2 Å². The molecule has 2 aromatic heterocycles. The topological polar surface area (TPSA) is 87.5 Å². The van der Waals surface area contributed by atoms with Crippen molar-refractivity contribution in [3.63, 3.8) is 0 Å². The van der Waals surface area contributed by atoms with Gasteiger partial charge in [-0.15, -0.1) is 11.3 Å². The van der Waals surface area contributed by atoms with Crippen molar-refractivity contribution in [1.82, 2.24) is 9.97 Å². The minimum Gasteiger partial charge on any atom is -0.383 e. The number of hydrogen-bond acceptors (Lipinski definition) is 5. The van der Waals surface area contributed by atoms with E-state index in [1.54, 1.807) is 13.8 Å². The Hall–Kier alpha value is -2.33. The molecule has 0 radical (unpaired) electrons. The number of halogens is 3. The Morgan fingerprint density at radius 2 is 2.10 bits per heavy atom. The Kier molecular flexibility index (Phi) is 5.52. The van der Waals surface area contributed by atoms with Gasteiger partial charge in [0.05, 0.1) is 16.8 Å². The number of pyridine rings is 1. The molecule has 0 spiro atoms. The largest absolute Gasteiger partial charge is 0.433 e. The molecule has 3 rings (SSSR count). The van der Waals surface area contributed by atoms with Gasteiger partial charge in [-0.3, -0.25) is 0 Å². The first kappa shape index (κ1) is 21.4. The summed E-state index contributed by atoms with van der Waals surface area (Å²) in [6.45, 7) is 6.30. The van der Waals surface area contributed by atoms with Gasteiger partial charge in [0.1, 0.15) is 16.3 Å². The molecular formula is C19H21F3N4O2S. The maximum Gasteiger partial charge on any atom is 0.433 e. The number of carbonyl (C=O) groups is 1. The molecule has 2 aromatic rings. The molecule has 0 aliphatic heterocycles. The van der Waals surface area contributed by atoms with Crippen molar-refractivity contribution in [3.05, 3.63) is 38.6 Å². The van der Waals surface area contributed by atoms with E-state index >= 15 is 0 Å². The van der Waals surface area contributed by atoms with Crippen molar-refractivity contribution in [2.75, 3.05) is 5.32 Å². The number of alkyl halides is 3. The SMILES string of the molecule is Cc1c(C(F)(F)F)nc2c(c1NC(=O)/N=C/c1cnc(C(C)(C)O)s1)CC[C@H]2C. The molecule has 2 N–H and O–H groups in total. The second-order valence-corrected chi connectivity index (χ2v) is 8.64. The minimum absolute atomic E-state index is 0.108. The van der Waals surface area contributed by atoms with Crippen LogP contribution in [0.3, 0.4) is 0 Å². The number of aromatic nitrogens is 2. The monoisotopic (exact) mass is 426 g/mol. The second kappa shape index (κ2) is 7.49. The van der Waals surface area contributed by atoms with E-state index in [1.165, 1.54) is 30.7 Å². The molecular weight excluding hydrogens is 405 g/mol. The summed E-state index contributed by atoms with van der Waals surface area (Å²) in [6.07, 6.45) is -0.651. The van der Waals surface area contributed by atoms with E-state index in [0.29, 0.717) is 34.0 Å². The number of rotatable bonds is 3. The number of nitrogens with zero attached hydrogens (tertiary/aromatic N) is 3. The third kappa shape index (κ3) is 4.48. The Morgan fingerprint density at radius 1 is 1.41 bits per heavy atom. The molecule has 1 aliphatic rings. The zero-order valence-corrected chi connectivity index (χ0v) is 17.2. The first-order valence-electron chi connectivity index (χ1n) is 9.02. The number of fused-ring (bicyclic) bond motifs is 1. The quantitative estimate of drug-likeness (QED) is 0.691. The molecule has 2 heterocycles. The fraction of sp³-hybridized carbons (Fsp3) is 0.474. The van der Waals surface area contributed by atoms with Gasteiger partial charge < -0.3 is 10.4 Å². The molecule has 6 nitrogen and oxygen atoms in total. The van der Waals surface area contributed by atoms with E-state index in [-0.39, 0.29) is 17.2 Å². The van der Waals surface area contributed by atoms with E-state index in [4.69, 9.17) is 0 Å². The normalized spacial score (nSPS) is 17.0. The highest BCUT2D eigenvalue weighted by atomic mass is 32.1. The number of carbonyl (C=O) groups excluding carboxylic acids is 1. The Labute approximate surface area is 169 Å². The Balaban J connectivity index is 1.88. The smallest absolute Gasteiger partial charge is 0.383 e. The highest BCUT2D eigenvalue weighted by Gasteiger charge is 2.38. The molecule has 10 heteroatoms. The Morgan fingerprint density at radius 3 is 2.69 bits per heavy atom.